The number of rotatable bonds is 4. The molecule has 0 unspecified atom stereocenters. The Morgan fingerprint density at radius 1 is 1.24 bits per heavy atom. The molecule has 1 aromatic carbocycles. The molecule has 152 valence electrons. The standard InChI is InChI=1S/C21H25N5O3/c1-2-14-10-6-7-11-26(14)21-24-18-17(20(29)25-21)15(12-16(27)23-18)19(28)22-13-8-4-3-5-9-13/h3-5,8-9,14-15H,2,6-7,10-12H2,1H3,(H,22,28)(H2,23,24,25,27,29)/t14-,15-/m0/s1. The number of anilines is 3. The lowest BCUT2D eigenvalue weighted by Gasteiger charge is -2.36. The quantitative estimate of drug-likeness (QED) is 0.738. The number of hydrogen-bond acceptors (Lipinski definition) is 5. The fourth-order valence-corrected chi connectivity index (χ4v) is 4.17. The number of nitrogens with one attached hydrogen (secondary N) is 3. The summed E-state index contributed by atoms with van der Waals surface area (Å²) in [6.07, 6.45) is 4.10. The maximum Gasteiger partial charge on any atom is 0.258 e. The highest BCUT2D eigenvalue weighted by molar-refractivity contribution is 6.04. The summed E-state index contributed by atoms with van der Waals surface area (Å²) in [7, 11) is 0. The highest BCUT2D eigenvalue weighted by Crippen LogP contribution is 2.31. The number of aromatic nitrogens is 2. The van der Waals surface area contributed by atoms with Crippen molar-refractivity contribution >= 4 is 29.3 Å². The Balaban J connectivity index is 1.67. The lowest BCUT2D eigenvalue weighted by molar-refractivity contribution is -0.123. The van der Waals surface area contributed by atoms with Crippen molar-refractivity contribution in [3.8, 4) is 0 Å². The molecule has 2 aromatic rings. The number of amides is 2. The Labute approximate surface area is 168 Å². The smallest absolute Gasteiger partial charge is 0.258 e. The van der Waals surface area contributed by atoms with E-state index in [-0.39, 0.29) is 29.3 Å². The summed E-state index contributed by atoms with van der Waals surface area (Å²) < 4.78 is 0. The van der Waals surface area contributed by atoms with Crippen molar-refractivity contribution in [3.63, 3.8) is 0 Å². The molecule has 0 radical (unpaired) electrons. The summed E-state index contributed by atoms with van der Waals surface area (Å²) in [5.41, 5.74) is 0.454. The van der Waals surface area contributed by atoms with Gasteiger partial charge in [-0.25, -0.2) is 0 Å². The van der Waals surface area contributed by atoms with E-state index in [9.17, 15) is 14.4 Å². The number of fused-ring (bicyclic) bond motifs is 1. The van der Waals surface area contributed by atoms with E-state index >= 15 is 0 Å². The maximum atomic E-state index is 12.9. The minimum absolute atomic E-state index is 0.0862. The normalized spacial score (nSPS) is 21.3. The van der Waals surface area contributed by atoms with Crippen molar-refractivity contribution in [1.29, 1.82) is 0 Å². The van der Waals surface area contributed by atoms with Crippen LogP contribution < -0.4 is 21.1 Å². The summed E-state index contributed by atoms with van der Waals surface area (Å²) in [6, 6.07) is 9.28. The Hall–Kier alpha value is -3.16. The number of carbonyl (C=O) groups excluding carboxylic acids is 2. The Kier molecular flexibility index (Phi) is 5.33. The van der Waals surface area contributed by atoms with Crippen molar-refractivity contribution < 1.29 is 9.59 Å². The van der Waals surface area contributed by atoms with Crippen LogP contribution in [0.1, 0.15) is 50.5 Å². The average Bonchev–Trinajstić information content (AvgIpc) is 2.73. The maximum absolute atomic E-state index is 12.9. The Morgan fingerprint density at radius 3 is 2.79 bits per heavy atom. The van der Waals surface area contributed by atoms with Gasteiger partial charge in [-0.05, 0) is 37.8 Å². The van der Waals surface area contributed by atoms with Gasteiger partial charge >= 0.3 is 0 Å². The molecule has 8 heteroatoms. The molecular weight excluding hydrogens is 370 g/mol. The zero-order chi connectivity index (χ0) is 20.4. The average molecular weight is 395 g/mol. The van der Waals surface area contributed by atoms with Gasteiger partial charge in [0.2, 0.25) is 17.8 Å². The van der Waals surface area contributed by atoms with Crippen LogP contribution >= 0.6 is 0 Å². The first-order valence-corrected chi connectivity index (χ1v) is 10.1. The van der Waals surface area contributed by atoms with E-state index in [2.05, 4.69) is 32.4 Å². The Bertz CT molecular complexity index is 972. The van der Waals surface area contributed by atoms with E-state index in [0.29, 0.717) is 17.7 Å². The van der Waals surface area contributed by atoms with E-state index in [1.165, 1.54) is 0 Å². The predicted octanol–water partition coefficient (Wildman–Crippen LogP) is 2.60. The fourth-order valence-electron chi connectivity index (χ4n) is 4.17. The fraction of sp³-hybridized carbons (Fsp3) is 0.429. The summed E-state index contributed by atoms with van der Waals surface area (Å²) in [6.45, 7) is 2.93. The van der Waals surface area contributed by atoms with Crippen LogP contribution in [-0.2, 0) is 9.59 Å². The van der Waals surface area contributed by atoms with Gasteiger partial charge in [-0.2, -0.15) is 4.98 Å². The van der Waals surface area contributed by atoms with Gasteiger partial charge in [0.25, 0.3) is 5.56 Å². The van der Waals surface area contributed by atoms with Crippen LogP contribution in [0.5, 0.6) is 0 Å². The van der Waals surface area contributed by atoms with Gasteiger partial charge in [0, 0.05) is 24.7 Å². The molecule has 3 N–H and O–H groups in total. The van der Waals surface area contributed by atoms with Crippen molar-refractivity contribution in [2.75, 3.05) is 22.1 Å². The van der Waals surface area contributed by atoms with Crippen molar-refractivity contribution in [2.45, 2.75) is 51.0 Å². The van der Waals surface area contributed by atoms with Crippen molar-refractivity contribution in [3.05, 3.63) is 46.2 Å². The van der Waals surface area contributed by atoms with E-state index < -0.39 is 11.8 Å². The van der Waals surface area contributed by atoms with Gasteiger partial charge in [0.15, 0.2) is 0 Å². The van der Waals surface area contributed by atoms with Crippen LogP contribution in [0.15, 0.2) is 35.1 Å². The minimum Gasteiger partial charge on any atom is -0.339 e. The molecule has 8 nitrogen and oxygen atoms in total. The number of H-pyrrole nitrogens is 1. The third kappa shape index (κ3) is 3.87. The lowest BCUT2D eigenvalue weighted by Crippen LogP contribution is -2.43. The first-order valence-electron chi connectivity index (χ1n) is 10.1. The largest absolute Gasteiger partial charge is 0.339 e. The van der Waals surface area contributed by atoms with E-state index in [4.69, 9.17) is 0 Å². The van der Waals surface area contributed by atoms with Crippen molar-refractivity contribution in [1.82, 2.24) is 9.97 Å². The number of benzene rings is 1. The highest BCUT2D eigenvalue weighted by Gasteiger charge is 2.35. The van der Waals surface area contributed by atoms with E-state index in [1.807, 2.05) is 6.07 Å². The molecule has 2 aliphatic heterocycles. The molecule has 0 bridgehead atoms. The van der Waals surface area contributed by atoms with E-state index in [1.54, 1.807) is 24.3 Å². The molecule has 0 aliphatic carbocycles. The topological polar surface area (TPSA) is 107 Å². The number of aromatic amines is 1. The van der Waals surface area contributed by atoms with Gasteiger partial charge in [-0.15, -0.1) is 0 Å². The van der Waals surface area contributed by atoms with Crippen LogP contribution in [0, 0.1) is 0 Å². The van der Waals surface area contributed by atoms with Gasteiger partial charge in [-0.1, -0.05) is 25.1 Å². The third-order valence-electron chi connectivity index (χ3n) is 5.67. The van der Waals surface area contributed by atoms with Crippen LogP contribution in [0.3, 0.4) is 0 Å². The highest BCUT2D eigenvalue weighted by atomic mass is 16.2. The van der Waals surface area contributed by atoms with Crippen LogP contribution in [0.2, 0.25) is 0 Å². The lowest BCUT2D eigenvalue weighted by atomic mass is 9.92. The van der Waals surface area contributed by atoms with Gasteiger partial charge in [-0.3, -0.25) is 19.4 Å². The molecule has 0 saturated carbocycles. The molecule has 2 amide bonds. The Morgan fingerprint density at radius 2 is 2.03 bits per heavy atom. The first kappa shape index (κ1) is 19.2. The summed E-state index contributed by atoms with van der Waals surface area (Å²) in [5.74, 6) is -0.942. The number of piperidine rings is 1. The minimum atomic E-state index is -0.882. The second-order valence-corrected chi connectivity index (χ2v) is 7.56. The third-order valence-corrected chi connectivity index (χ3v) is 5.67. The first-order chi connectivity index (χ1) is 14.1. The molecule has 1 fully saturated rings. The van der Waals surface area contributed by atoms with Crippen LogP contribution in [-0.4, -0.2) is 34.4 Å². The molecule has 2 aliphatic rings. The van der Waals surface area contributed by atoms with Gasteiger partial charge < -0.3 is 15.5 Å². The molecule has 1 saturated heterocycles. The molecule has 29 heavy (non-hydrogen) atoms. The number of hydrogen-bond donors (Lipinski definition) is 3. The monoisotopic (exact) mass is 395 g/mol. The zero-order valence-corrected chi connectivity index (χ0v) is 16.4. The molecule has 3 heterocycles. The summed E-state index contributed by atoms with van der Waals surface area (Å²) in [4.78, 5) is 47.5. The number of carbonyl (C=O) groups is 2. The molecule has 2 atom stereocenters. The van der Waals surface area contributed by atoms with Crippen LogP contribution in [0.25, 0.3) is 0 Å². The molecule has 0 spiro atoms. The summed E-state index contributed by atoms with van der Waals surface area (Å²) >= 11 is 0. The molecular formula is C21H25N5O3. The predicted molar refractivity (Wildman–Crippen MR) is 111 cm³/mol. The number of nitrogens with zero attached hydrogens (tertiary/aromatic N) is 2. The van der Waals surface area contributed by atoms with Gasteiger partial charge in [0.05, 0.1) is 11.5 Å². The second kappa shape index (κ2) is 8.06. The second-order valence-electron chi connectivity index (χ2n) is 7.56. The summed E-state index contributed by atoms with van der Waals surface area (Å²) in [5, 5.41) is 5.47. The van der Waals surface area contributed by atoms with Crippen molar-refractivity contribution in [2.24, 2.45) is 0 Å². The zero-order valence-electron chi connectivity index (χ0n) is 16.4. The molecule has 4 rings (SSSR count). The van der Waals surface area contributed by atoms with Crippen LogP contribution in [0.4, 0.5) is 17.5 Å². The number of para-hydroxylation sites is 1. The van der Waals surface area contributed by atoms with Gasteiger partial charge in [0.1, 0.15) is 5.82 Å². The van der Waals surface area contributed by atoms with E-state index in [0.717, 1.165) is 32.2 Å². The molecule has 1 aromatic heterocycles. The SMILES string of the molecule is CC[C@H]1CCCCN1c1nc2c(c(=O)[nH]1)[C@@H](C(=O)Nc1ccccc1)CC(=O)N2.